The van der Waals surface area contributed by atoms with E-state index in [9.17, 15) is 0 Å². The summed E-state index contributed by atoms with van der Waals surface area (Å²) in [5, 5.41) is 4.45. The van der Waals surface area contributed by atoms with Crippen LogP contribution in [0.1, 0.15) is 35.3 Å². The van der Waals surface area contributed by atoms with Gasteiger partial charge >= 0.3 is 0 Å². The van der Waals surface area contributed by atoms with Crippen molar-refractivity contribution in [1.82, 2.24) is 10.3 Å². The van der Waals surface area contributed by atoms with Gasteiger partial charge in [-0.1, -0.05) is 29.8 Å². The summed E-state index contributed by atoms with van der Waals surface area (Å²) in [7, 11) is 1.99. The van der Waals surface area contributed by atoms with E-state index in [0.29, 0.717) is 5.92 Å². The van der Waals surface area contributed by atoms with E-state index in [4.69, 9.17) is 4.98 Å². The molecule has 0 aliphatic heterocycles. The lowest BCUT2D eigenvalue weighted by Gasteiger charge is -2.03. The number of hydrogen-bond acceptors (Lipinski definition) is 4. The van der Waals surface area contributed by atoms with Crippen LogP contribution in [-0.4, -0.2) is 12.0 Å². The number of benzene rings is 1. The van der Waals surface area contributed by atoms with E-state index in [0.717, 1.165) is 16.8 Å². The maximum Gasteiger partial charge on any atom is 0.103 e. The van der Waals surface area contributed by atoms with Crippen molar-refractivity contribution in [3.8, 4) is 0 Å². The molecule has 0 amide bonds. The van der Waals surface area contributed by atoms with Gasteiger partial charge in [0.25, 0.3) is 0 Å². The van der Waals surface area contributed by atoms with E-state index in [-0.39, 0.29) is 0 Å². The van der Waals surface area contributed by atoms with Crippen molar-refractivity contribution in [3.05, 3.63) is 44.3 Å². The molecular formula is C15H19BrN2S2. The van der Waals surface area contributed by atoms with E-state index in [2.05, 4.69) is 59.4 Å². The third kappa shape index (κ3) is 4.32. The van der Waals surface area contributed by atoms with Gasteiger partial charge in [-0.25, -0.2) is 4.98 Å². The summed E-state index contributed by atoms with van der Waals surface area (Å²) in [5.41, 5.74) is 1.25. The average Bonchev–Trinajstić information content (AvgIpc) is 2.82. The fourth-order valence-corrected chi connectivity index (χ4v) is 4.28. The highest BCUT2D eigenvalue weighted by Gasteiger charge is 2.13. The van der Waals surface area contributed by atoms with Crippen LogP contribution in [0.5, 0.6) is 0 Å². The van der Waals surface area contributed by atoms with Crippen molar-refractivity contribution < 1.29 is 0 Å². The van der Waals surface area contributed by atoms with Crippen molar-refractivity contribution in [3.63, 3.8) is 0 Å². The third-order valence-electron chi connectivity index (χ3n) is 2.83. The Balaban J connectivity index is 2.05. The first-order chi connectivity index (χ1) is 9.60. The minimum absolute atomic E-state index is 0.487. The number of hydrogen-bond donors (Lipinski definition) is 1. The number of halogens is 1. The molecule has 0 aliphatic carbocycles. The van der Waals surface area contributed by atoms with Crippen molar-refractivity contribution in [1.29, 1.82) is 0 Å². The van der Waals surface area contributed by atoms with Crippen LogP contribution < -0.4 is 5.32 Å². The first-order valence-electron chi connectivity index (χ1n) is 6.61. The monoisotopic (exact) mass is 370 g/mol. The number of aromatic nitrogens is 1. The summed E-state index contributed by atoms with van der Waals surface area (Å²) in [6.07, 6.45) is 0. The minimum Gasteiger partial charge on any atom is -0.315 e. The van der Waals surface area contributed by atoms with Gasteiger partial charge < -0.3 is 5.32 Å². The summed E-state index contributed by atoms with van der Waals surface area (Å²) in [6, 6.07) is 8.44. The van der Waals surface area contributed by atoms with Crippen molar-refractivity contribution in [2.24, 2.45) is 0 Å². The zero-order chi connectivity index (χ0) is 14.5. The highest BCUT2D eigenvalue weighted by Crippen LogP contribution is 2.30. The van der Waals surface area contributed by atoms with Crippen molar-refractivity contribution in [2.45, 2.75) is 37.0 Å². The average molecular weight is 371 g/mol. The molecule has 0 radical (unpaired) electrons. The Kier molecular flexibility index (Phi) is 6.08. The molecule has 0 atom stereocenters. The van der Waals surface area contributed by atoms with Crippen LogP contribution in [0.25, 0.3) is 0 Å². The standard InChI is InChI=1S/C15H19BrN2S2/c1-10(2)15-13(8-17-3)20-14(18-15)9-19-12-6-4-11(16)5-7-12/h4-7,10,17H,8-9H2,1-3H3. The van der Waals surface area contributed by atoms with Gasteiger partial charge in [-0.3, -0.25) is 0 Å². The van der Waals surface area contributed by atoms with Crippen molar-refractivity contribution >= 4 is 39.0 Å². The second-order valence-electron chi connectivity index (χ2n) is 4.84. The number of nitrogens with zero attached hydrogens (tertiary/aromatic N) is 1. The number of rotatable bonds is 6. The van der Waals surface area contributed by atoms with Gasteiger partial charge in [-0.15, -0.1) is 23.1 Å². The Bertz CT molecular complexity index is 550. The first-order valence-corrected chi connectivity index (χ1v) is 9.21. The van der Waals surface area contributed by atoms with Crippen molar-refractivity contribution in [2.75, 3.05) is 7.05 Å². The number of thioether (sulfide) groups is 1. The van der Waals surface area contributed by atoms with E-state index in [1.807, 2.05) is 30.1 Å². The summed E-state index contributed by atoms with van der Waals surface area (Å²) in [4.78, 5) is 7.46. The van der Waals surface area contributed by atoms with Gasteiger partial charge in [0, 0.05) is 20.8 Å². The molecule has 0 aliphatic rings. The van der Waals surface area contributed by atoms with Gasteiger partial charge in [-0.05, 0) is 37.2 Å². The SMILES string of the molecule is CNCc1sc(CSc2ccc(Br)cc2)nc1C(C)C. The molecule has 0 saturated carbocycles. The quantitative estimate of drug-likeness (QED) is 0.720. The summed E-state index contributed by atoms with van der Waals surface area (Å²) < 4.78 is 1.12. The van der Waals surface area contributed by atoms with Crippen LogP contribution in [0.2, 0.25) is 0 Å². The smallest absolute Gasteiger partial charge is 0.103 e. The van der Waals surface area contributed by atoms with Gasteiger partial charge in [0.05, 0.1) is 11.4 Å². The molecule has 0 bridgehead atoms. The Morgan fingerprint density at radius 3 is 2.60 bits per heavy atom. The van der Waals surface area contributed by atoms with Crippen LogP contribution >= 0.6 is 39.0 Å². The topological polar surface area (TPSA) is 24.9 Å². The molecule has 0 spiro atoms. The molecule has 1 heterocycles. The third-order valence-corrected chi connectivity index (χ3v) is 5.64. The highest BCUT2D eigenvalue weighted by molar-refractivity contribution is 9.10. The molecule has 5 heteroatoms. The first kappa shape index (κ1) is 16.0. The van der Waals surface area contributed by atoms with Gasteiger partial charge in [0.1, 0.15) is 5.01 Å². The predicted molar refractivity (Wildman–Crippen MR) is 92.7 cm³/mol. The molecule has 108 valence electrons. The largest absolute Gasteiger partial charge is 0.315 e. The molecule has 2 aromatic rings. The van der Waals surface area contributed by atoms with Crippen LogP contribution in [0.3, 0.4) is 0 Å². The Labute approximate surface area is 137 Å². The summed E-state index contributed by atoms with van der Waals surface area (Å²) in [6.45, 7) is 5.33. The molecule has 1 aromatic heterocycles. The van der Waals surface area contributed by atoms with E-state index >= 15 is 0 Å². The fraction of sp³-hybridized carbons (Fsp3) is 0.400. The maximum absolute atomic E-state index is 4.81. The molecule has 1 aromatic carbocycles. The molecule has 2 nitrogen and oxygen atoms in total. The molecule has 1 N–H and O–H groups in total. The molecule has 0 fully saturated rings. The van der Waals surface area contributed by atoms with Crippen LogP contribution in [0.15, 0.2) is 33.6 Å². The molecule has 0 saturated heterocycles. The lowest BCUT2D eigenvalue weighted by molar-refractivity contribution is 0.769. The van der Waals surface area contributed by atoms with Gasteiger partial charge in [0.2, 0.25) is 0 Å². The van der Waals surface area contributed by atoms with E-state index in [1.165, 1.54) is 20.5 Å². The molecular weight excluding hydrogens is 352 g/mol. The second-order valence-corrected chi connectivity index (χ2v) is 7.98. The second kappa shape index (κ2) is 7.59. The lowest BCUT2D eigenvalue weighted by Crippen LogP contribution is -2.06. The normalized spacial score (nSPS) is 11.2. The minimum atomic E-state index is 0.487. The van der Waals surface area contributed by atoms with Crippen LogP contribution in [0, 0.1) is 0 Å². The zero-order valence-corrected chi connectivity index (χ0v) is 15.2. The fourth-order valence-electron chi connectivity index (χ4n) is 1.89. The Morgan fingerprint density at radius 2 is 2.00 bits per heavy atom. The maximum atomic E-state index is 4.81. The predicted octanol–water partition coefficient (Wildman–Crippen LogP) is 5.04. The number of nitrogens with one attached hydrogen (secondary N) is 1. The molecule has 20 heavy (non-hydrogen) atoms. The summed E-state index contributed by atoms with van der Waals surface area (Å²) >= 11 is 7.13. The Morgan fingerprint density at radius 1 is 1.30 bits per heavy atom. The van der Waals surface area contributed by atoms with Gasteiger partial charge in [0.15, 0.2) is 0 Å². The lowest BCUT2D eigenvalue weighted by atomic mass is 10.1. The molecule has 2 rings (SSSR count). The van der Waals surface area contributed by atoms with E-state index < -0.39 is 0 Å². The van der Waals surface area contributed by atoms with E-state index in [1.54, 1.807) is 0 Å². The Hall–Kier alpha value is -0.360. The molecule has 0 unspecified atom stereocenters. The van der Waals surface area contributed by atoms with Crippen LogP contribution in [0.4, 0.5) is 0 Å². The zero-order valence-electron chi connectivity index (χ0n) is 11.9. The summed E-state index contributed by atoms with van der Waals surface area (Å²) in [5.74, 6) is 1.43. The van der Waals surface area contributed by atoms with Gasteiger partial charge in [-0.2, -0.15) is 0 Å². The van der Waals surface area contributed by atoms with Crippen LogP contribution in [-0.2, 0) is 12.3 Å². The highest BCUT2D eigenvalue weighted by atomic mass is 79.9. The number of thiazole rings is 1.